The average molecular weight is 351 g/mol. The molecule has 2 aromatic heterocycles. The molecule has 0 aliphatic carbocycles. The van der Waals surface area contributed by atoms with Crippen LogP contribution < -0.4 is 11.0 Å². The zero-order valence-corrected chi connectivity index (χ0v) is 12.9. The second kappa shape index (κ2) is 5.26. The highest BCUT2D eigenvalue weighted by molar-refractivity contribution is 6.06. The molecule has 0 amide bonds. The van der Waals surface area contributed by atoms with E-state index >= 15 is 0 Å². The van der Waals surface area contributed by atoms with Gasteiger partial charge in [-0.2, -0.15) is 14.4 Å². The third-order valence-electron chi connectivity index (χ3n) is 4.44. The predicted octanol–water partition coefficient (Wildman–Crippen LogP) is -0.983. The van der Waals surface area contributed by atoms with E-state index in [0.717, 1.165) is 0 Å². The average Bonchev–Trinajstić information content (AvgIpc) is 3.00. The number of hydrogen-bond acceptors (Lipinski definition) is 9. The summed E-state index contributed by atoms with van der Waals surface area (Å²) in [5.41, 5.74) is -2.77. The number of nitrogens with one attached hydrogen (secondary N) is 1. The Kier molecular flexibility index (Phi) is 3.37. The van der Waals surface area contributed by atoms with Gasteiger partial charge in [0.1, 0.15) is 29.4 Å². The van der Waals surface area contributed by atoms with Crippen LogP contribution >= 0.6 is 0 Å². The number of aromatic nitrogens is 3. The summed E-state index contributed by atoms with van der Waals surface area (Å²) in [6, 6.07) is 0. The number of halogens is 1. The molecule has 2 aliphatic rings. The maximum atomic E-state index is 14.3. The van der Waals surface area contributed by atoms with E-state index in [2.05, 4.69) is 20.3 Å². The van der Waals surface area contributed by atoms with Gasteiger partial charge in [-0.15, -0.1) is 0 Å². The Bertz CT molecular complexity index is 959. The van der Waals surface area contributed by atoms with Gasteiger partial charge in [0.05, 0.1) is 23.7 Å². The van der Waals surface area contributed by atoms with Gasteiger partial charge in [0, 0.05) is 6.20 Å². The van der Waals surface area contributed by atoms with Gasteiger partial charge < -0.3 is 29.9 Å². The molecule has 0 saturated carbocycles. The van der Waals surface area contributed by atoms with Crippen LogP contribution in [0.2, 0.25) is 0 Å². The molecule has 2 aromatic rings. The van der Waals surface area contributed by atoms with Crippen molar-refractivity contribution in [2.75, 3.05) is 11.9 Å². The van der Waals surface area contributed by atoms with E-state index in [1.165, 1.54) is 24.0 Å². The molecule has 4 atom stereocenters. The Hall–Kier alpha value is -2.47. The quantitative estimate of drug-likeness (QED) is 0.541. The van der Waals surface area contributed by atoms with Crippen molar-refractivity contribution in [2.45, 2.75) is 31.0 Å². The van der Waals surface area contributed by atoms with Crippen LogP contribution in [0.1, 0.15) is 13.2 Å². The number of rotatable bonds is 2. The summed E-state index contributed by atoms with van der Waals surface area (Å²) in [5.74, 6) is -0.810. The summed E-state index contributed by atoms with van der Waals surface area (Å²) in [4.78, 5) is 22.5. The number of aliphatic hydroxyl groups excluding tert-OH is 2. The molecule has 4 heterocycles. The topological polar surface area (TPSA) is 142 Å². The van der Waals surface area contributed by atoms with Crippen LogP contribution in [-0.2, 0) is 4.74 Å². The standard InChI is InChI=1S/C14H14FN5O5/c1-14(24)8(22)6(3-21)25-12(14)20-2-5-7-10(16-4-17-11(7)20)19-13(23)18-9(5)15/h2,4,6,8,12,21-22,24H,3H2,1H3,(H,16,17,19,23)/t6-,8-,12-,14-/m1/s1. The monoisotopic (exact) mass is 351 g/mol. The summed E-state index contributed by atoms with van der Waals surface area (Å²) in [6.45, 7) is 0.829. The Morgan fingerprint density at radius 2 is 2.24 bits per heavy atom. The van der Waals surface area contributed by atoms with Crippen molar-refractivity contribution in [1.82, 2.24) is 14.5 Å². The first kappa shape index (κ1) is 16.0. The third-order valence-corrected chi connectivity index (χ3v) is 4.44. The van der Waals surface area contributed by atoms with Gasteiger partial charge in [0.2, 0.25) is 5.95 Å². The van der Waals surface area contributed by atoms with Gasteiger partial charge in [0.25, 0.3) is 0 Å². The van der Waals surface area contributed by atoms with Crippen molar-refractivity contribution in [3.63, 3.8) is 0 Å². The lowest BCUT2D eigenvalue weighted by molar-refractivity contribution is -0.0955. The number of aliphatic hydroxyl groups is 3. The fourth-order valence-corrected chi connectivity index (χ4v) is 3.18. The molecule has 4 rings (SSSR count). The maximum Gasteiger partial charge on any atom is 0.371 e. The van der Waals surface area contributed by atoms with Crippen LogP contribution in [0.3, 0.4) is 0 Å². The highest BCUT2D eigenvalue weighted by Crippen LogP contribution is 2.44. The van der Waals surface area contributed by atoms with E-state index < -0.39 is 42.3 Å². The van der Waals surface area contributed by atoms with Crippen molar-refractivity contribution < 1.29 is 24.4 Å². The lowest BCUT2D eigenvalue weighted by Gasteiger charge is -2.28. The van der Waals surface area contributed by atoms with E-state index in [-0.39, 0.29) is 22.4 Å². The SMILES string of the molecule is C[C@@]1(O)[C@H](O)[C@@H](CO)O[C@H]1n1cc2c(F)nc(=O)nc3c2c1N=CN3. The Labute approximate surface area is 139 Å². The van der Waals surface area contributed by atoms with Gasteiger partial charge in [-0.05, 0) is 6.92 Å². The Morgan fingerprint density at radius 1 is 1.48 bits per heavy atom. The molecule has 2 aliphatic heterocycles. The maximum absolute atomic E-state index is 14.3. The summed E-state index contributed by atoms with van der Waals surface area (Å²) in [5, 5.41) is 32.9. The molecule has 10 nitrogen and oxygen atoms in total. The first-order chi connectivity index (χ1) is 11.8. The van der Waals surface area contributed by atoms with Crippen molar-refractivity contribution in [3.05, 3.63) is 22.6 Å². The van der Waals surface area contributed by atoms with Gasteiger partial charge in [-0.3, -0.25) is 0 Å². The fraction of sp³-hybridized carbons (Fsp3) is 0.429. The molecular weight excluding hydrogens is 337 g/mol. The normalized spacial score (nSPS) is 30.7. The predicted molar refractivity (Wildman–Crippen MR) is 83.2 cm³/mol. The van der Waals surface area contributed by atoms with Crippen LogP contribution in [0.15, 0.2) is 16.0 Å². The van der Waals surface area contributed by atoms with Gasteiger partial charge in [-0.1, -0.05) is 0 Å². The molecule has 0 unspecified atom stereocenters. The van der Waals surface area contributed by atoms with Crippen LogP contribution in [0.5, 0.6) is 0 Å². The number of anilines is 1. The lowest BCUT2D eigenvalue weighted by Crippen LogP contribution is -2.44. The Morgan fingerprint density at radius 3 is 2.92 bits per heavy atom. The van der Waals surface area contributed by atoms with Gasteiger partial charge in [0.15, 0.2) is 6.23 Å². The lowest BCUT2D eigenvalue weighted by atomic mass is 9.96. The van der Waals surface area contributed by atoms with Crippen molar-refractivity contribution in [1.29, 1.82) is 0 Å². The number of ether oxygens (including phenoxy) is 1. The third kappa shape index (κ3) is 2.17. The molecule has 1 fully saturated rings. The van der Waals surface area contributed by atoms with Gasteiger partial charge >= 0.3 is 5.69 Å². The second-order valence-corrected chi connectivity index (χ2v) is 6.08. The van der Waals surface area contributed by atoms with Crippen molar-refractivity contribution in [3.8, 4) is 0 Å². The molecular formula is C14H14FN5O5. The largest absolute Gasteiger partial charge is 0.394 e. The smallest absolute Gasteiger partial charge is 0.371 e. The summed E-state index contributed by atoms with van der Waals surface area (Å²) >= 11 is 0. The minimum atomic E-state index is -1.78. The molecule has 0 aromatic carbocycles. The molecule has 11 heteroatoms. The fourth-order valence-electron chi connectivity index (χ4n) is 3.18. The summed E-state index contributed by atoms with van der Waals surface area (Å²) in [7, 11) is 0. The molecule has 0 bridgehead atoms. The van der Waals surface area contributed by atoms with Crippen LogP contribution in [0, 0.1) is 5.95 Å². The number of hydrogen-bond donors (Lipinski definition) is 4. The van der Waals surface area contributed by atoms with Crippen LogP contribution in [0.4, 0.5) is 16.0 Å². The van der Waals surface area contributed by atoms with Crippen LogP contribution in [0.25, 0.3) is 10.8 Å². The molecule has 4 N–H and O–H groups in total. The molecule has 1 saturated heterocycles. The highest BCUT2D eigenvalue weighted by Gasteiger charge is 2.53. The zero-order valence-electron chi connectivity index (χ0n) is 12.9. The number of aliphatic imine (C=N–C) groups is 1. The van der Waals surface area contributed by atoms with Gasteiger partial charge in [-0.25, -0.2) is 9.79 Å². The first-order valence-electron chi connectivity index (χ1n) is 7.43. The molecule has 0 radical (unpaired) electrons. The molecule has 132 valence electrons. The first-order valence-corrected chi connectivity index (χ1v) is 7.43. The van der Waals surface area contributed by atoms with Crippen molar-refractivity contribution in [2.24, 2.45) is 4.99 Å². The summed E-state index contributed by atoms with van der Waals surface area (Å²) < 4.78 is 21.1. The van der Waals surface area contributed by atoms with E-state index in [1.54, 1.807) is 0 Å². The second-order valence-electron chi connectivity index (χ2n) is 6.08. The minimum Gasteiger partial charge on any atom is -0.394 e. The van der Waals surface area contributed by atoms with E-state index in [9.17, 15) is 24.5 Å². The Balaban J connectivity index is 1.98. The van der Waals surface area contributed by atoms with Crippen LogP contribution in [-0.4, -0.2) is 60.6 Å². The van der Waals surface area contributed by atoms with E-state index in [1.807, 2.05) is 0 Å². The molecule has 0 spiro atoms. The van der Waals surface area contributed by atoms with E-state index in [0.29, 0.717) is 0 Å². The number of nitrogens with zero attached hydrogens (tertiary/aromatic N) is 4. The zero-order chi connectivity index (χ0) is 17.9. The minimum absolute atomic E-state index is 0.0507. The highest BCUT2D eigenvalue weighted by atomic mass is 19.1. The summed E-state index contributed by atoms with van der Waals surface area (Å²) in [6.07, 6.45) is -1.01. The van der Waals surface area contributed by atoms with Crippen molar-refractivity contribution >= 4 is 28.7 Å². The van der Waals surface area contributed by atoms with E-state index in [4.69, 9.17) is 4.74 Å². The molecule has 25 heavy (non-hydrogen) atoms.